The van der Waals surface area contributed by atoms with Crippen molar-refractivity contribution < 1.29 is 0 Å². The third-order valence-electron chi connectivity index (χ3n) is 5.20. The van der Waals surface area contributed by atoms with Crippen molar-refractivity contribution in [3.63, 3.8) is 0 Å². The van der Waals surface area contributed by atoms with Gasteiger partial charge in [0.2, 0.25) is 0 Å². The Labute approximate surface area is 113 Å². The van der Waals surface area contributed by atoms with Crippen molar-refractivity contribution in [2.75, 3.05) is 0 Å². The Morgan fingerprint density at radius 2 is 1.24 bits per heavy atom. The first-order valence-electron chi connectivity index (χ1n) is 7.96. The highest BCUT2D eigenvalue weighted by atomic mass is 35.5. The van der Waals surface area contributed by atoms with E-state index in [9.17, 15) is 0 Å². The summed E-state index contributed by atoms with van der Waals surface area (Å²) in [5, 5.41) is 0. The molecule has 0 bridgehead atoms. The van der Waals surface area contributed by atoms with E-state index in [1.165, 1.54) is 77.0 Å². The van der Waals surface area contributed by atoms with E-state index in [1.54, 1.807) is 0 Å². The van der Waals surface area contributed by atoms with Crippen LogP contribution >= 0.6 is 11.6 Å². The molecule has 100 valence electrons. The van der Waals surface area contributed by atoms with Gasteiger partial charge in [0.1, 0.15) is 0 Å². The van der Waals surface area contributed by atoms with Crippen LogP contribution in [0.4, 0.5) is 0 Å². The van der Waals surface area contributed by atoms with E-state index in [0.29, 0.717) is 0 Å². The fraction of sp³-hybridized carbons (Fsp3) is 1.00. The first-order chi connectivity index (χ1) is 8.27. The summed E-state index contributed by atoms with van der Waals surface area (Å²) in [7, 11) is 0. The van der Waals surface area contributed by atoms with Gasteiger partial charge < -0.3 is 0 Å². The summed E-state index contributed by atoms with van der Waals surface area (Å²) in [4.78, 5) is 0.162. The third kappa shape index (κ3) is 3.19. The molecule has 2 saturated carbocycles. The molecule has 2 aliphatic carbocycles. The Morgan fingerprint density at radius 1 is 0.824 bits per heavy atom. The van der Waals surface area contributed by atoms with Crippen molar-refractivity contribution in [2.24, 2.45) is 11.8 Å². The second kappa shape index (κ2) is 6.45. The van der Waals surface area contributed by atoms with E-state index >= 15 is 0 Å². The van der Waals surface area contributed by atoms with Crippen molar-refractivity contribution in [3.05, 3.63) is 0 Å². The van der Waals surface area contributed by atoms with Crippen LogP contribution < -0.4 is 0 Å². The fourth-order valence-electron chi connectivity index (χ4n) is 4.29. The molecule has 2 fully saturated rings. The zero-order valence-corrected chi connectivity index (χ0v) is 12.3. The van der Waals surface area contributed by atoms with Gasteiger partial charge in [0.25, 0.3) is 0 Å². The number of halogens is 1. The van der Waals surface area contributed by atoms with Crippen molar-refractivity contribution in [2.45, 2.75) is 88.8 Å². The minimum absolute atomic E-state index is 0.162. The largest absolute Gasteiger partial charge is 0.119 e. The molecule has 1 heteroatoms. The molecule has 0 aromatic carbocycles. The molecule has 0 amide bonds. The Hall–Kier alpha value is 0.290. The molecule has 0 aromatic rings. The Bertz CT molecular complexity index is 194. The normalized spacial score (nSPS) is 25.1. The fourth-order valence-corrected chi connectivity index (χ4v) is 4.92. The molecule has 2 rings (SSSR count). The van der Waals surface area contributed by atoms with Gasteiger partial charge in [-0.25, -0.2) is 0 Å². The highest BCUT2D eigenvalue weighted by Gasteiger charge is 2.43. The maximum atomic E-state index is 7.20. The summed E-state index contributed by atoms with van der Waals surface area (Å²) in [6, 6.07) is 0. The van der Waals surface area contributed by atoms with E-state index in [1.807, 2.05) is 0 Å². The van der Waals surface area contributed by atoms with Crippen molar-refractivity contribution in [1.82, 2.24) is 0 Å². The van der Waals surface area contributed by atoms with Crippen molar-refractivity contribution >= 4 is 11.6 Å². The number of hydrogen-bond donors (Lipinski definition) is 0. The maximum Gasteiger partial charge on any atom is 0.0502 e. The van der Waals surface area contributed by atoms with E-state index < -0.39 is 0 Å². The van der Waals surface area contributed by atoms with Gasteiger partial charge in [-0.1, -0.05) is 51.9 Å². The van der Waals surface area contributed by atoms with Gasteiger partial charge in [-0.2, -0.15) is 0 Å². The van der Waals surface area contributed by atoms with Gasteiger partial charge in [0, 0.05) is 0 Å². The number of alkyl halides is 1. The second-order valence-electron chi connectivity index (χ2n) is 6.35. The number of rotatable bonds is 4. The van der Waals surface area contributed by atoms with Crippen LogP contribution in [0.1, 0.15) is 84.0 Å². The molecule has 0 unspecified atom stereocenters. The van der Waals surface area contributed by atoms with Crippen LogP contribution in [0.15, 0.2) is 0 Å². The van der Waals surface area contributed by atoms with Crippen LogP contribution in [-0.4, -0.2) is 4.87 Å². The van der Waals surface area contributed by atoms with Crippen LogP contribution in [-0.2, 0) is 0 Å². The highest BCUT2D eigenvalue weighted by molar-refractivity contribution is 6.24. The standard InChI is InChI=1S/C16H29Cl/c1-2-13-16(17,14-9-5-3-6-10-14)15-11-7-4-8-12-15/h14-15H,2-13H2,1H3. The smallest absolute Gasteiger partial charge is 0.0502 e. The summed E-state index contributed by atoms with van der Waals surface area (Å²) < 4.78 is 0. The SMILES string of the molecule is CCCC(Cl)(C1CCCCC1)C1CCCCC1. The number of hydrogen-bond acceptors (Lipinski definition) is 0. The van der Waals surface area contributed by atoms with E-state index in [2.05, 4.69) is 6.92 Å². The molecule has 2 aliphatic rings. The molecular weight excluding hydrogens is 228 g/mol. The molecule has 0 aliphatic heterocycles. The first-order valence-corrected chi connectivity index (χ1v) is 8.34. The van der Waals surface area contributed by atoms with Gasteiger partial charge in [-0.05, 0) is 43.9 Å². The lowest BCUT2D eigenvalue weighted by atomic mass is 9.67. The molecule has 0 saturated heterocycles. The monoisotopic (exact) mass is 256 g/mol. The molecule has 0 aromatic heterocycles. The van der Waals surface area contributed by atoms with Crippen LogP contribution in [0.2, 0.25) is 0 Å². The molecule has 0 nitrogen and oxygen atoms in total. The Kier molecular flexibility index (Phi) is 5.21. The van der Waals surface area contributed by atoms with Gasteiger partial charge in [0.15, 0.2) is 0 Å². The van der Waals surface area contributed by atoms with E-state index in [4.69, 9.17) is 11.6 Å². The predicted molar refractivity (Wildman–Crippen MR) is 76.6 cm³/mol. The van der Waals surface area contributed by atoms with Gasteiger partial charge in [0.05, 0.1) is 4.87 Å². The summed E-state index contributed by atoms with van der Waals surface area (Å²) in [6.07, 6.45) is 16.7. The molecule has 0 N–H and O–H groups in total. The zero-order valence-electron chi connectivity index (χ0n) is 11.5. The van der Waals surface area contributed by atoms with Gasteiger partial charge in [-0.15, -0.1) is 11.6 Å². The van der Waals surface area contributed by atoms with Gasteiger partial charge >= 0.3 is 0 Å². The second-order valence-corrected chi connectivity index (χ2v) is 7.05. The molecule has 0 radical (unpaired) electrons. The van der Waals surface area contributed by atoms with Crippen molar-refractivity contribution in [3.8, 4) is 0 Å². The van der Waals surface area contributed by atoms with E-state index in [0.717, 1.165) is 11.8 Å². The average molecular weight is 257 g/mol. The topological polar surface area (TPSA) is 0 Å². The minimum atomic E-state index is 0.162. The summed E-state index contributed by atoms with van der Waals surface area (Å²) in [5.41, 5.74) is 0. The van der Waals surface area contributed by atoms with Crippen LogP contribution in [0.5, 0.6) is 0 Å². The van der Waals surface area contributed by atoms with Crippen molar-refractivity contribution in [1.29, 1.82) is 0 Å². The molecule has 0 atom stereocenters. The quantitative estimate of drug-likeness (QED) is 0.548. The zero-order chi connectivity index (χ0) is 12.1. The minimum Gasteiger partial charge on any atom is -0.119 e. The first kappa shape index (κ1) is 13.7. The highest BCUT2D eigenvalue weighted by Crippen LogP contribution is 2.49. The molecular formula is C16H29Cl. The Morgan fingerprint density at radius 3 is 1.59 bits per heavy atom. The molecule has 17 heavy (non-hydrogen) atoms. The lowest BCUT2D eigenvalue weighted by Crippen LogP contribution is -2.41. The predicted octanol–water partition coefficient (Wildman–Crippen LogP) is 5.92. The lowest BCUT2D eigenvalue weighted by molar-refractivity contribution is 0.159. The van der Waals surface area contributed by atoms with Crippen LogP contribution in [0, 0.1) is 11.8 Å². The van der Waals surface area contributed by atoms with Crippen LogP contribution in [0.25, 0.3) is 0 Å². The molecule has 0 spiro atoms. The summed E-state index contributed by atoms with van der Waals surface area (Å²) in [5.74, 6) is 1.64. The Balaban J connectivity index is 2.05. The van der Waals surface area contributed by atoms with Gasteiger partial charge in [-0.3, -0.25) is 0 Å². The average Bonchev–Trinajstić information content (AvgIpc) is 2.41. The lowest BCUT2D eigenvalue weighted by Gasteiger charge is -2.45. The van der Waals surface area contributed by atoms with E-state index in [-0.39, 0.29) is 4.87 Å². The third-order valence-corrected chi connectivity index (χ3v) is 6.01. The maximum absolute atomic E-state index is 7.20. The van der Waals surface area contributed by atoms with Crippen LogP contribution in [0.3, 0.4) is 0 Å². The summed E-state index contributed by atoms with van der Waals surface area (Å²) in [6.45, 7) is 2.31. The summed E-state index contributed by atoms with van der Waals surface area (Å²) >= 11 is 7.20. The molecule has 0 heterocycles.